The summed E-state index contributed by atoms with van der Waals surface area (Å²) in [4.78, 5) is 61.6. The number of primary amides is 1. The molecule has 0 aromatic carbocycles. The van der Waals surface area contributed by atoms with E-state index in [-0.39, 0.29) is 25.3 Å². The molecule has 1 rings (SSSR count). The van der Waals surface area contributed by atoms with Gasteiger partial charge in [-0.05, 0) is 31.6 Å². The Labute approximate surface area is 180 Å². The zero-order valence-corrected chi connectivity index (χ0v) is 17.9. The van der Waals surface area contributed by atoms with Gasteiger partial charge in [-0.3, -0.25) is 19.2 Å². The van der Waals surface area contributed by atoms with Gasteiger partial charge < -0.3 is 37.2 Å². The van der Waals surface area contributed by atoms with E-state index in [0.717, 1.165) is 0 Å². The third kappa shape index (κ3) is 8.13. The fourth-order valence-electron chi connectivity index (χ4n) is 3.37. The minimum absolute atomic E-state index is 0.0414. The number of hydrogen-bond acceptors (Lipinski definition) is 7. The molecule has 0 spiro atoms. The molecule has 4 atom stereocenters. The van der Waals surface area contributed by atoms with Crippen LogP contribution in [0.15, 0.2) is 0 Å². The number of nitrogens with one attached hydrogen (secondary N) is 2. The Hall–Kier alpha value is -2.73. The molecule has 1 aliphatic rings. The van der Waals surface area contributed by atoms with Crippen LogP contribution in [-0.2, 0) is 24.0 Å². The van der Waals surface area contributed by atoms with E-state index in [2.05, 4.69) is 10.6 Å². The average molecular weight is 444 g/mol. The van der Waals surface area contributed by atoms with Crippen molar-refractivity contribution in [1.82, 2.24) is 15.5 Å². The first kappa shape index (κ1) is 26.3. The number of carbonyl (C=O) groups is 5. The smallest absolute Gasteiger partial charge is 0.326 e. The zero-order chi connectivity index (χ0) is 23.7. The number of amides is 4. The Balaban J connectivity index is 2.92. The molecular formula is C19H33N5O7. The van der Waals surface area contributed by atoms with Crippen LogP contribution in [0.3, 0.4) is 0 Å². The zero-order valence-electron chi connectivity index (χ0n) is 17.9. The molecule has 12 heteroatoms. The summed E-state index contributed by atoms with van der Waals surface area (Å²) in [6.07, 6.45) is 0.782. The second-order valence-electron chi connectivity index (χ2n) is 8.07. The van der Waals surface area contributed by atoms with Gasteiger partial charge >= 0.3 is 5.97 Å². The predicted molar refractivity (Wildman–Crippen MR) is 109 cm³/mol. The van der Waals surface area contributed by atoms with E-state index in [1.807, 2.05) is 13.8 Å². The number of aliphatic carboxylic acids is 1. The van der Waals surface area contributed by atoms with E-state index < -0.39 is 60.4 Å². The van der Waals surface area contributed by atoms with E-state index in [9.17, 15) is 29.1 Å². The summed E-state index contributed by atoms with van der Waals surface area (Å²) in [5.74, 6) is -3.77. The first-order chi connectivity index (χ1) is 14.5. The van der Waals surface area contributed by atoms with Gasteiger partial charge in [-0.25, -0.2) is 4.79 Å². The Morgan fingerprint density at radius 3 is 2.29 bits per heavy atom. The van der Waals surface area contributed by atoms with Crippen LogP contribution in [0.25, 0.3) is 0 Å². The Bertz CT molecular complexity index is 685. The number of carboxylic acid groups (broad SMARTS) is 1. The highest BCUT2D eigenvalue weighted by Crippen LogP contribution is 2.21. The molecule has 0 saturated carbocycles. The summed E-state index contributed by atoms with van der Waals surface area (Å²) in [5, 5.41) is 23.2. The van der Waals surface area contributed by atoms with Crippen molar-refractivity contribution in [3.8, 4) is 0 Å². The van der Waals surface area contributed by atoms with Crippen molar-refractivity contribution in [3.63, 3.8) is 0 Å². The molecule has 176 valence electrons. The highest BCUT2D eigenvalue weighted by Gasteiger charge is 2.39. The number of rotatable bonds is 12. The number of nitrogens with two attached hydrogens (primary N) is 2. The molecular weight excluding hydrogens is 410 g/mol. The number of carboxylic acids is 1. The van der Waals surface area contributed by atoms with Crippen LogP contribution in [0.1, 0.15) is 46.0 Å². The maximum atomic E-state index is 13.1. The molecule has 0 aromatic rings. The molecule has 0 radical (unpaired) electrons. The third-order valence-electron chi connectivity index (χ3n) is 4.99. The van der Waals surface area contributed by atoms with Gasteiger partial charge in [0.2, 0.25) is 23.6 Å². The summed E-state index contributed by atoms with van der Waals surface area (Å²) in [6, 6.07) is -4.34. The van der Waals surface area contributed by atoms with E-state index in [0.29, 0.717) is 19.3 Å². The van der Waals surface area contributed by atoms with Crippen LogP contribution in [0.5, 0.6) is 0 Å². The van der Waals surface area contributed by atoms with Crippen molar-refractivity contribution in [2.45, 2.75) is 70.1 Å². The van der Waals surface area contributed by atoms with Crippen LogP contribution in [0, 0.1) is 5.92 Å². The number of likely N-dealkylation sites (tertiary alicyclic amines) is 1. The number of hydrogen-bond donors (Lipinski definition) is 6. The Morgan fingerprint density at radius 1 is 1.13 bits per heavy atom. The topological polar surface area (TPSA) is 205 Å². The summed E-state index contributed by atoms with van der Waals surface area (Å²) in [6.45, 7) is 3.42. The monoisotopic (exact) mass is 443 g/mol. The van der Waals surface area contributed by atoms with Crippen LogP contribution in [0.2, 0.25) is 0 Å². The van der Waals surface area contributed by atoms with Gasteiger partial charge in [0.1, 0.15) is 24.2 Å². The normalized spacial score (nSPS) is 18.9. The van der Waals surface area contributed by atoms with Gasteiger partial charge in [0.25, 0.3) is 0 Å². The number of carbonyl (C=O) groups excluding carboxylic acids is 4. The summed E-state index contributed by atoms with van der Waals surface area (Å²) >= 11 is 0. The fourth-order valence-corrected chi connectivity index (χ4v) is 3.37. The first-order valence-corrected chi connectivity index (χ1v) is 10.3. The lowest BCUT2D eigenvalue weighted by Crippen LogP contribution is -2.57. The minimum Gasteiger partial charge on any atom is -0.480 e. The van der Waals surface area contributed by atoms with E-state index >= 15 is 0 Å². The Morgan fingerprint density at radius 2 is 1.77 bits per heavy atom. The van der Waals surface area contributed by atoms with Crippen molar-refractivity contribution in [1.29, 1.82) is 0 Å². The van der Waals surface area contributed by atoms with Crippen molar-refractivity contribution >= 4 is 29.6 Å². The van der Waals surface area contributed by atoms with Gasteiger partial charge in [0.15, 0.2) is 0 Å². The Kier molecular flexibility index (Phi) is 10.4. The second kappa shape index (κ2) is 12.2. The van der Waals surface area contributed by atoms with Crippen LogP contribution in [-0.4, -0.2) is 82.0 Å². The highest BCUT2D eigenvalue weighted by molar-refractivity contribution is 5.94. The molecule has 1 aliphatic heterocycles. The molecule has 1 heterocycles. The van der Waals surface area contributed by atoms with Crippen LogP contribution < -0.4 is 22.1 Å². The van der Waals surface area contributed by atoms with Crippen molar-refractivity contribution in [3.05, 3.63) is 0 Å². The molecule has 0 aromatic heterocycles. The predicted octanol–water partition coefficient (Wildman–Crippen LogP) is -2.34. The minimum atomic E-state index is -1.31. The summed E-state index contributed by atoms with van der Waals surface area (Å²) in [5.41, 5.74) is 10.6. The molecule has 4 unspecified atom stereocenters. The quantitative estimate of drug-likeness (QED) is 0.192. The highest BCUT2D eigenvalue weighted by atomic mass is 16.4. The van der Waals surface area contributed by atoms with Crippen LogP contribution >= 0.6 is 0 Å². The number of aliphatic hydroxyl groups is 1. The third-order valence-corrected chi connectivity index (χ3v) is 4.99. The fraction of sp³-hybridized carbons (Fsp3) is 0.737. The lowest BCUT2D eigenvalue weighted by atomic mass is 10.0. The SMILES string of the molecule is CC(C)CC(NC(=O)C(N)CO)C(=O)N1CCCC1C(=O)NC(CCC(N)=O)C(=O)O. The van der Waals surface area contributed by atoms with Crippen LogP contribution in [0.4, 0.5) is 0 Å². The largest absolute Gasteiger partial charge is 0.480 e. The lowest BCUT2D eigenvalue weighted by Gasteiger charge is -2.30. The van der Waals surface area contributed by atoms with Gasteiger partial charge in [-0.1, -0.05) is 13.8 Å². The molecule has 0 aliphatic carbocycles. The molecule has 1 saturated heterocycles. The van der Waals surface area contributed by atoms with Crippen molar-refractivity contribution in [2.24, 2.45) is 17.4 Å². The molecule has 1 fully saturated rings. The summed E-state index contributed by atoms with van der Waals surface area (Å²) < 4.78 is 0. The van der Waals surface area contributed by atoms with Gasteiger partial charge in [-0.2, -0.15) is 0 Å². The average Bonchev–Trinajstić information content (AvgIpc) is 3.18. The molecule has 31 heavy (non-hydrogen) atoms. The van der Waals surface area contributed by atoms with Crippen molar-refractivity contribution in [2.75, 3.05) is 13.2 Å². The molecule has 0 bridgehead atoms. The maximum absolute atomic E-state index is 13.1. The van der Waals surface area contributed by atoms with Gasteiger partial charge in [0.05, 0.1) is 6.61 Å². The lowest BCUT2D eigenvalue weighted by molar-refractivity contribution is -0.145. The number of nitrogens with zero attached hydrogens (tertiary/aromatic N) is 1. The van der Waals surface area contributed by atoms with E-state index in [4.69, 9.17) is 16.6 Å². The van der Waals surface area contributed by atoms with Crippen molar-refractivity contribution < 1.29 is 34.2 Å². The second-order valence-corrected chi connectivity index (χ2v) is 8.07. The number of aliphatic hydroxyl groups excluding tert-OH is 1. The summed E-state index contributed by atoms with van der Waals surface area (Å²) in [7, 11) is 0. The van der Waals surface area contributed by atoms with E-state index in [1.54, 1.807) is 0 Å². The van der Waals surface area contributed by atoms with E-state index in [1.165, 1.54) is 4.90 Å². The van der Waals surface area contributed by atoms with Gasteiger partial charge in [0, 0.05) is 13.0 Å². The molecule has 8 N–H and O–H groups in total. The first-order valence-electron chi connectivity index (χ1n) is 10.3. The standard InChI is InChI=1S/C19H33N5O7/c1-10(2)8-13(23-16(27)11(20)9-25)18(29)24-7-3-4-14(24)17(28)22-12(19(30)31)5-6-15(21)26/h10-14,25H,3-9,20H2,1-2H3,(H2,21,26)(H,22,28)(H,23,27)(H,30,31). The molecule has 4 amide bonds. The molecule has 12 nitrogen and oxygen atoms in total. The van der Waals surface area contributed by atoms with Gasteiger partial charge in [-0.15, -0.1) is 0 Å². The maximum Gasteiger partial charge on any atom is 0.326 e.